The third kappa shape index (κ3) is 4.57. The van der Waals surface area contributed by atoms with Crippen molar-refractivity contribution in [3.8, 4) is 0 Å². The molecule has 1 rings (SSSR count). The Morgan fingerprint density at radius 2 is 2.06 bits per heavy atom. The van der Waals surface area contributed by atoms with Gasteiger partial charge in [-0.3, -0.25) is 0 Å². The number of hydrogen-bond donors (Lipinski definition) is 0. The fourth-order valence-corrected chi connectivity index (χ4v) is 1.38. The maximum absolute atomic E-state index is 13.4. The summed E-state index contributed by atoms with van der Waals surface area (Å²) in [4.78, 5) is 11.4. The highest BCUT2D eigenvalue weighted by Gasteiger charge is 2.14. The van der Waals surface area contributed by atoms with Gasteiger partial charge in [-0.25, -0.2) is 9.18 Å². The van der Waals surface area contributed by atoms with Gasteiger partial charge in [-0.15, -0.1) is 0 Å². The Labute approximate surface area is 105 Å². The molecule has 0 atom stereocenters. The normalized spacial score (nSPS) is 11.8. The van der Waals surface area contributed by atoms with Gasteiger partial charge in [0.2, 0.25) is 0 Å². The number of halogens is 2. The molecule has 2 nitrogen and oxygen atoms in total. The van der Waals surface area contributed by atoms with Crippen LogP contribution < -0.4 is 0 Å². The van der Waals surface area contributed by atoms with E-state index in [1.165, 1.54) is 18.2 Å². The van der Waals surface area contributed by atoms with Gasteiger partial charge in [-0.2, -0.15) is 0 Å². The summed E-state index contributed by atoms with van der Waals surface area (Å²) < 4.78 is 18.4. The lowest BCUT2D eigenvalue weighted by Gasteiger charge is -2.17. The molecule has 0 amide bonds. The van der Waals surface area contributed by atoms with Gasteiger partial charge in [-0.1, -0.05) is 17.7 Å². The predicted molar refractivity (Wildman–Crippen MR) is 66.3 cm³/mol. The van der Waals surface area contributed by atoms with Crippen LogP contribution in [0.3, 0.4) is 0 Å². The molecule has 0 radical (unpaired) electrons. The molecular formula is C13H14ClFO2. The zero-order chi connectivity index (χ0) is 13.1. The SMILES string of the molecule is CC(C)(C)OC(=O)/C=C/c1c(F)cccc1Cl. The zero-order valence-electron chi connectivity index (χ0n) is 9.96. The van der Waals surface area contributed by atoms with E-state index in [0.29, 0.717) is 0 Å². The Morgan fingerprint density at radius 3 is 2.59 bits per heavy atom. The Balaban J connectivity index is 2.81. The first-order chi connectivity index (χ1) is 7.79. The van der Waals surface area contributed by atoms with E-state index >= 15 is 0 Å². The molecule has 0 unspecified atom stereocenters. The zero-order valence-corrected chi connectivity index (χ0v) is 10.7. The Bertz CT molecular complexity index is 427. The maximum Gasteiger partial charge on any atom is 0.331 e. The van der Waals surface area contributed by atoms with Crippen LogP contribution in [0.15, 0.2) is 24.3 Å². The number of rotatable bonds is 2. The highest BCUT2D eigenvalue weighted by atomic mass is 35.5. The summed E-state index contributed by atoms with van der Waals surface area (Å²) in [5, 5.41) is 0.254. The van der Waals surface area contributed by atoms with Crippen molar-refractivity contribution in [3.63, 3.8) is 0 Å². The number of benzene rings is 1. The molecule has 0 saturated heterocycles. The third-order valence-electron chi connectivity index (χ3n) is 1.79. The molecule has 1 aromatic carbocycles. The minimum atomic E-state index is -0.569. The average Bonchev–Trinajstić information content (AvgIpc) is 2.14. The van der Waals surface area contributed by atoms with Crippen LogP contribution in [0.1, 0.15) is 26.3 Å². The van der Waals surface area contributed by atoms with Crippen molar-refractivity contribution in [2.45, 2.75) is 26.4 Å². The van der Waals surface area contributed by atoms with Gasteiger partial charge < -0.3 is 4.74 Å². The van der Waals surface area contributed by atoms with Crippen molar-refractivity contribution in [2.75, 3.05) is 0 Å². The summed E-state index contributed by atoms with van der Waals surface area (Å²) in [6, 6.07) is 4.34. The van der Waals surface area contributed by atoms with Crippen LogP contribution in [0, 0.1) is 5.82 Å². The highest BCUT2D eigenvalue weighted by molar-refractivity contribution is 6.32. The molecule has 4 heteroatoms. The van der Waals surface area contributed by atoms with Gasteiger partial charge in [0.25, 0.3) is 0 Å². The molecule has 17 heavy (non-hydrogen) atoms. The van der Waals surface area contributed by atoms with Crippen LogP contribution in [-0.4, -0.2) is 11.6 Å². The van der Waals surface area contributed by atoms with Crippen LogP contribution in [0.2, 0.25) is 5.02 Å². The number of ether oxygens (including phenoxy) is 1. The van der Waals surface area contributed by atoms with E-state index in [0.717, 1.165) is 6.08 Å². The van der Waals surface area contributed by atoms with Gasteiger partial charge in [0, 0.05) is 11.6 Å². The minimum Gasteiger partial charge on any atom is -0.457 e. The number of hydrogen-bond acceptors (Lipinski definition) is 2. The molecule has 0 aliphatic carbocycles. The Hall–Kier alpha value is -1.35. The van der Waals surface area contributed by atoms with Crippen molar-refractivity contribution in [2.24, 2.45) is 0 Å². The number of esters is 1. The van der Waals surface area contributed by atoms with Gasteiger partial charge in [0.05, 0.1) is 5.02 Å². The van der Waals surface area contributed by atoms with Crippen LogP contribution in [-0.2, 0) is 9.53 Å². The predicted octanol–water partition coefficient (Wildman–Crippen LogP) is 3.83. The fourth-order valence-electron chi connectivity index (χ4n) is 1.16. The number of carbonyl (C=O) groups excluding carboxylic acids is 1. The van der Waals surface area contributed by atoms with Gasteiger partial charge in [-0.05, 0) is 39.0 Å². The fraction of sp³-hybridized carbons (Fsp3) is 0.308. The standard InChI is InChI=1S/C13H14ClFO2/c1-13(2,3)17-12(16)8-7-9-10(14)5-4-6-11(9)15/h4-8H,1-3H3/b8-7+. The smallest absolute Gasteiger partial charge is 0.331 e. The van der Waals surface area contributed by atoms with E-state index in [1.807, 2.05) is 0 Å². The molecule has 0 aromatic heterocycles. The van der Waals surface area contributed by atoms with Crippen LogP contribution in [0.4, 0.5) is 4.39 Å². The lowest BCUT2D eigenvalue weighted by molar-refractivity contribution is -0.148. The van der Waals surface area contributed by atoms with E-state index in [2.05, 4.69) is 0 Å². The third-order valence-corrected chi connectivity index (χ3v) is 2.12. The molecule has 0 aliphatic rings. The first kappa shape index (κ1) is 13.7. The van der Waals surface area contributed by atoms with E-state index in [4.69, 9.17) is 16.3 Å². The monoisotopic (exact) mass is 256 g/mol. The highest BCUT2D eigenvalue weighted by Crippen LogP contribution is 2.20. The van der Waals surface area contributed by atoms with Crippen molar-refractivity contribution in [1.82, 2.24) is 0 Å². The molecule has 0 aliphatic heterocycles. The number of carbonyl (C=O) groups is 1. The topological polar surface area (TPSA) is 26.3 Å². The van der Waals surface area contributed by atoms with Gasteiger partial charge in [0.15, 0.2) is 0 Å². The summed E-state index contributed by atoms with van der Waals surface area (Å²) in [5.41, 5.74) is -0.388. The Kier molecular flexibility index (Phi) is 4.29. The largest absolute Gasteiger partial charge is 0.457 e. The average molecular weight is 257 g/mol. The molecule has 0 saturated carbocycles. The first-order valence-electron chi connectivity index (χ1n) is 5.15. The summed E-state index contributed by atoms with van der Waals surface area (Å²) in [5.74, 6) is -1.01. The van der Waals surface area contributed by atoms with Gasteiger partial charge in [0.1, 0.15) is 11.4 Å². The lowest BCUT2D eigenvalue weighted by Crippen LogP contribution is -2.22. The van der Waals surface area contributed by atoms with Crippen molar-refractivity contribution in [1.29, 1.82) is 0 Å². The summed E-state index contributed by atoms with van der Waals surface area (Å²) in [7, 11) is 0. The second-order valence-corrected chi connectivity index (χ2v) is 4.91. The lowest BCUT2D eigenvalue weighted by atomic mass is 10.2. The van der Waals surface area contributed by atoms with E-state index in [1.54, 1.807) is 26.8 Å². The molecular weight excluding hydrogens is 243 g/mol. The summed E-state index contributed by atoms with van der Waals surface area (Å²) in [6.07, 6.45) is 2.47. The molecule has 1 aromatic rings. The molecule has 0 fully saturated rings. The first-order valence-corrected chi connectivity index (χ1v) is 5.52. The van der Waals surface area contributed by atoms with Gasteiger partial charge >= 0.3 is 5.97 Å². The second-order valence-electron chi connectivity index (χ2n) is 4.50. The molecule has 0 N–H and O–H groups in total. The van der Waals surface area contributed by atoms with Crippen LogP contribution in [0.25, 0.3) is 6.08 Å². The van der Waals surface area contributed by atoms with Crippen LogP contribution >= 0.6 is 11.6 Å². The molecule has 0 heterocycles. The van der Waals surface area contributed by atoms with E-state index < -0.39 is 17.4 Å². The maximum atomic E-state index is 13.4. The van der Waals surface area contributed by atoms with E-state index in [-0.39, 0.29) is 10.6 Å². The molecule has 92 valence electrons. The Morgan fingerprint density at radius 1 is 1.41 bits per heavy atom. The van der Waals surface area contributed by atoms with Crippen LogP contribution in [0.5, 0.6) is 0 Å². The minimum absolute atomic E-state index is 0.181. The quantitative estimate of drug-likeness (QED) is 0.594. The van der Waals surface area contributed by atoms with E-state index in [9.17, 15) is 9.18 Å². The second kappa shape index (κ2) is 5.32. The van der Waals surface area contributed by atoms with Crippen molar-refractivity contribution >= 4 is 23.6 Å². The molecule has 0 spiro atoms. The molecule has 0 bridgehead atoms. The van der Waals surface area contributed by atoms with Crippen molar-refractivity contribution < 1.29 is 13.9 Å². The van der Waals surface area contributed by atoms with Crippen molar-refractivity contribution in [3.05, 3.63) is 40.7 Å². The summed E-state index contributed by atoms with van der Waals surface area (Å²) >= 11 is 5.80. The summed E-state index contributed by atoms with van der Waals surface area (Å²) in [6.45, 7) is 5.28.